The molecule has 0 amide bonds. The summed E-state index contributed by atoms with van der Waals surface area (Å²) < 4.78 is 11.3. The molecule has 21 heavy (non-hydrogen) atoms. The van der Waals surface area contributed by atoms with Crippen molar-refractivity contribution in [2.75, 3.05) is 19.8 Å². The van der Waals surface area contributed by atoms with Crippen LogP contribution in [0.2, 0.25) is 0 Å². The Balaban J connectivity index is 1.95. The zero-order valence-corrected chi connectivity index (χ0v) is 12.1. The van der Waals surface area contributed by atoms with Gasteiger partial charge in [-0.25, -0.2) is 4.99 Å². The number of nitrogens with zero attached hydrogens (tertiary/aromatic N) is 1. The summed E-state index contributed by atoms with van der Waals surface area (Å²) in [5, 5.41) is 9.91. The van der Waals surface area contributed by atoms with E-state index in [0.29, 0.717) is 13.2 Å². The van der Waals surface area contributed by atoms with Crippen LogP contribution in [0.1, 0.15) is 24.5 Å². The molecule has 1 aliphatic carbocycles. The van der Waals surface area contributed by atoms with Crippen molar-refractivity contribution in [3.8, 4) is 5.75 Å². The molecule has 1 aromatic rings. The average molecular weight is 288 g/mol. The maximum absolute atomic E-state index is 9.91. The van der Waals surface area contributed by atoms with Gasteiger partial charge in [-0.3, -0.25) is 0 Å². The first-order chi connectivity index (χ1) is 10.0. The summed E-state index contributed by atoms with van der Waals surface area (Å²) in [6.45, 7) is 4.18. The van der Waals surface area contributed by atoms with Crippen LogP contribution in [0.4, 0.5) is 0 Å². The van der Waals surface area contributed by atoms with Crippen LogP contribution in [0, 0.1) is 11.3 Å². The number of benzene rings is 1. The first-order valence-corrected chi connectivity index (χ1v) is 7.42. The molecule has 5 nitrogen and oxygen atoms in total. The number of phenolic OH excluding ortho intramolecular Hbond substituents is 1. The number of aliphatic imine (C=N–C) groups is 1. The monoisotopic (exact) mass is 288 g/mol. The lowest BCUT2D eigenvalue weighted by molar-refractivity contribution is -0.0792. The van der Waals surface area contributed by atoms with E-state index in [2.05, 4.69) is 11.9 Å². The van der Waals surface area contributed by atoms with E-state index in [1.807, 2.05) is 12.1 Å². The predicted molar refractivity (Wildman–Crippen MR) is 78.1 cm³/mol. The van der Waals surface area contributed by atoms with Crippen LogP contribution in [0.15, 0.2) is 23.2 Å². The summed E-state index contributed by atoms with van der Waals surface area (Å²) in [6, 6.07) is 5.81. The third-order valence-corrected chi connectivity index (χ3v) is 5.42. The molecule has 0 aromatic heterocycles. The quantitative estimate of drug-likeness (QED) is 0.759. The smallest absolute Gasteiger partial charge is 0.283 e. The highest BCUT2D eigenvalue weighted by atomic mass is 16.5. The fraction of sp³-hybridized carbons (Fsp3) is 0.562. The zero-order chi connectivity index (χ0) is 14.7. The Morgan fingerprint density at radius 3 is 3.05 bits per heavy atom. The van der Waals surface area contributed by atoms with Gasteiger partial charge in [0.05, 0.1) is 6.61 Å². The van der Waals surface area contributed by atoms with Crippen LogP contribution in [-0.2, 0) is 21.4 Å². The Kier molecular flexibility index (Phi) is 2.55. The molecule has 1 fully saturated rings. The Bertz CT molecular complexity index is 630. The minimum Gasteiger partial charge on any atom is -0.508 e. The summed E-state index contributed by atoms with van der Waals surface area (Å²) in [4.78, 5) is 4.67. The fourth-order valence-electron chi connectivity index (χ4n) is 4.31. The Hall–Kier alpha value is -1.75. The highest BCUT2D eigenvalue weighted by Crippen LogP contribution is 2.56. The standard InChI is InChI=1S/C16H20N2O3/c1-15-4-5-20-8-13(15)16(9-21-14(17)18-16)12-6-11(19)3-2-10(12)7-15/h2-3,6,13,19H,4-5,7-9H2,1H3,(H2,17,18)/t13-,15+,16?/m1/s1. The molecule has 1 aromatic carbocycles. The van der Waals surface area contributed by atoms with Crippen molar-refractivity contribution in [1.82, 2.24) is 0 Å². The average Bonchev–Trinajstić information content (AvgIpc) is 2.83. The fourth-order valence-corrected chi connectivity index (χ4v) is 4.31. The predicted octanol–water partition coefficient (Wildman–Crippen LogP) is 1.53. The molecule has 5 heteroatoms. The van der Waals surface area contributed by atoms with Crippen molar-refractivity contribution in [3.05, 3.63) is 29.3 Å². The van der Waals surface area contributed by atoms with Gasteiger partial charge in [0, 0.05) is 12.5 Å². The van der Waals surface area contributed by atoms with Gasteiger partial charge in [-0.2, -0.15) is 0 Å². The van der Waals surface area contributed by atoms with E-state index < -0.39 is 5.54 Å². The maximum Gasteiger partial charge on any atom is 0.283 e. The second-order valence-electron chi connectivity index (χ2n) is 6.71. The summed E-state index contributed by atoms with van der Waals surface area (Å²) in [5.74, 6) is 0.475. The first-order valence-electron chi connectivity index (χ1n) is 7.42. The van der Waals surface area contributed by atoms with Gasteiger partial charge in [0.1, 0.15) is 17.9 Å². The number of nitrogens with two attached hydrogens (primary N) is 1. The van der Waals surface area contributed by atoms with Gasteiger partial charge in [-0.05, 0) is 41.5 Å². The molecule has 2 heterocycles. The first kappa shape index (κ1) is 13.0. The second kappa shape index (κ2) is 4.13. The molecule has 3 N–H and O–H groups in total. The Labute approximate surface area is 123 Å². The van der Waals surface area contributed by atoms with Crippen molar-refractivity contribution >= 4 is 6.02 Å². The molecule has 0 radical (unpaired) electrons. The molecule has 4 rings (SSSR count). The van der Waals surface area contributed by atoms with Crippen LogP contribution in [-0.4, -0.2) is 30.9 Å². The lowest BCUT2D eigenvalue weighted by Crippen LogP contribution is -2.54. The molecular weight excluding hydrogens is 268 g/mol. The van der Waals surface area contributed by atoms with Crippen LogP contribution in [0.5, 0.6) is 5.75 Å². The maximum atomic E-state index is 9.91. The lowest BCUT2D eigenvalue weighted by atomic mass is 9.56. The number of hydrogen-bond acceptors (Lipinski definition) is 5. The van der Waals surface area contributed by atoms with E-state index in [-0.39, 0.29) is 23.1 Å². The van der Waals surface area contributed by atoms with Crippen molar-refractivity contribution < 1.29 is 14.6 Å². The molecular formula is C16H20N2O3. The van der Waals surface area contributed by atoms with E-state index in [9.17, 15) is 5.11 Å². The summed E-state index contributed by atoms with van der Waals surface area (Å²) in [7, 11) is 0. The SMILES string of the molecule is C[C@@]12CCOC[C@H]1C1(COC(N)=N1)c1cc(O)ccc1C2. The molecule has 112 valence electrons. The van der Waals surface area contributed by atoms with Crippen molar-refractivity contribution in [2.24, 2.45) is 22.1 Å². The number of ether oxygens (including phenoxy) is 2. The van der Waals surface area contributed by atoms with E-state index in [1.54, 1.807) is 6.07 Å². The molecule has 0 saturated carbocycles. The summed E-state index contributed by atoms with van der Waals surface area (Å²) in [6.07, 6.45) is 1.99. The Morgan fingerprint density at radius 1 is 1.43 bits per heavy atom. The molecule has 3 atom stereocenters. The number of rotatable bonds is 0. The van der Waals surface area contributed by atoms with Gasteiger partial charge in [0.2, 0.25) is 0 Å². The molecule has 1 spiro atoms. The van der Waals surface area contributed by atoms with E-state index in [0.717, 1.165) is 25.0 Å². The minimum absolute atomic E-state index is 0.125. The number of amidine groups is 1. The van der Waals surface area contributed by atoms with Crippen molar-refractivity contribution in [2.45, 2.75) is 25.3 Å². The Morgan fingerprint density at radius 2 is 2.29 bits per heavy atom. The number of fused-ring (bicyclic) bond motifs is 4. The van der Waals surface area contributed by atoms with Crippen LogP contribution < -0.4 is 5.73 Å². The van der Waals surface area contributed by atoms with Crippen molar-refractivity contribution in [1.29, 1.82) is 0 Å². The van der Waals surface area contributed by atoms with Gasteiger partial charge < -0.3 is 20.3 Å². The van der Waals surface area contributed by atoms with Gasteiger partial charge in [0.15, 0.2) is 0 Å². The number of phenols is 1. The highest BCUT2D eigenvalue weighted by Gasteiger charge is 2.57. The molecule has 0 bridgehead atoms. The molecule has 3 aliphatic rings. The second-order valence-corrected chi connectivity index (χ2v) is 6.71. The third-order valence-electron chi connectivity index (χ3n) is 5.42. The van der Waals surface area contributed by atoms with Crippen molar-refractivity contribution in [3.63, 3.8) is 0 Å². The molecule has 2 aliphatic heterocycles. The molecule has 1 saturated heterocycles. The zero-order valence-electron chi connectivity index (χ0n) is 12.1. The van der Waals surface area contributed by atoms with E-state index in [1.165, 1.54) is 5.56 Å². The third kappa shape index (κ3) is 1.70. The van der Waals surface area contributed by atoms with Crippen LogP contribution in [0.3, 0.4) is 0 Å². The highest BCUT2D eigenvalue weighted by molar-refractivity contribution is 5.74. The van der Waals surface area contributed by atoms with Gasteiger partial charge in [-0.15, -0.1) is 0 Å². The van der Waals surface area contributed by atoms with E-state index >= 15 is 0 Å². The van der Waals surface area contributed by atoms with Crippen LogP contribution in [0.25, 0.3) is 0 Å². The van der Waals surface area contributed by atoms with E-state index in [4.69, 9.17) is 15.2 Å². The lowest BCUT2D eigenvalue weighted by Gasteiger charge is -2.52. The van der Waals surface area contributed by atoms with Gasteiger partial charge in [-0.1, -0.05) is 13.0 Å². The normalized spacial score (nSPS) is 37.6. The van der Waals surface area contributed by atoms with Gasteiger partial charge >= 0.3 is 0 Å². The topological polar surface area (TPSA) is 77.1 Å². The summed E-state index contributed by atoms with van der Waals surface area (Å²) >= 11 is 0. The number of hydrogen-bond donors (Lipinski definition) is 2. The largest absolute Gasteiger partial charge is 0.508 e. The number of aromatic hydroxyl groups is 1. The molecule has 1 unspecified atom stereocenters. The van der Waals surface area contributed by atoms with Crippen LogP contribution >= 0.6 is 0 Å². The van der Waals surface area contributed by atoms with Gasteiger partial charge in [0.25, 0.3) is 6.02 Å². The minimum atomic E-state index is -0.522. The summed E-state index contributed by atoms with van der Waals surface area (Å²) in [5.41, 5.74) is 7.70.